The van der Waals surface area contributed by atoms with Crippen LogP contribution in [0.5, 0.6) is 0 Å². The molecule has 0 saturated carbocycles. The molecular weight excluding hydrogens is 174 g/mol. The number of ketones is 1. The first-order valence-electron chi connectivity index (χ1n) is 5.80. The maximum Gasteiger partial charge on any atom is 0.139 e. The van der Waals surface area contributed by atoms with Gasteiger partial charge in [0, 0.05) is 18.4 Å². The van der Waals surface area contributed by atoms with Crippen LogP contribution in [0, 0.1) is 5.41 Å². The SMILES string of the molecule is CC.CCC(=O)C1(C)CCCN(C)C1. The molecule has 0 radical (unpaired) electrons. The molecule has 0 spiro atoms. The van der Waals surface area contributed by atoms with E-state index in [1.807, 2.05) is 20.8 Å². The molecule has 84 valence electrons. The zero-order valence-electron chi connectivity index (χ0n) is 10.4. The number of nitrogens with zero attached hydrogens (tertiary/aromatic N) is 1. The molecule has 0 bridgehead atoms. The topological polar surface area (TPSA) is 20.3 Å². The van der Waals surface area contributed by atoms with Gasteiger partial charge in [-0.25, -0.2) is 0 Å². The summed E-state index contributed by atoms with van der Waals surface area (Å²) in [5, 5.41) is 0. The second-order valence-electron chi connectivity index (χ2n) is 4.18. The van der Waals surface area contributed by atoms with Gasteiger partial charge in [-0.15, -0.1) is 0 Å². The highest BCUT2D eigenvalue weighted by atomic mass is 16.1. The quantitative estimate of drug-likeness (QED) is 0.681. The summed E-state index contributed by atoms with van der Waals surface area (Å²) in [7, 11) is 2.10. The highest BCUT2D eigenvalue weighted by molar-refractivity contribution is 5.84. The zero-order chi connectivity index (χ0) is 11.2. The summed E-state index contributed by atoms with van der Waals surface area (Å²) in [4.78, 5) is 13.9. The van der Waals surface area contributed by atoms with Crippen molar-refractivity contribution >= 4 is 5.78 Å². The van der Waals surface area contributed by atoms with Gasteiger partial charge in [-0.05, 0) is 26.4 Å². The van der Waals surface area contributed by atoms with Gasteiger partial charge in [0.1, 0.15) is 5.78 Å². The lowest BCUT2D eigenvalue weighted by molar-refractivity contribution is -0.130. The van der Waals surface area contributed by atoms with Crippen molar-refractivity contribution in [3.8, 4) is 0 Å². The van der Waals surface area contributed by atoms with Gasteiger partial charge >= 0.3 is 0 Å². The van der Waals surface area contributed by atoms with E-state index in [2.05, 4.69) is 18.9 Å². The van der Waals surface area contributed by atoms with Gasteiger partial charge in [0.2, 0.25) is 0 Å². The van der Waals surface area contributed by atoms with Crippen LogP contribution in [0.2, 0.25) is 0 Å². The van der Waals surface area contributed by atoms with Gasteiger partial charge in [-0.2, -0.15) is 0 Å². The molecule has 1 fully saturated rings. The summed E-state index contributed by atoms with van der Waals surface area (Å²) in [5.74, 6) is 0.425. The largest absolute Gasteiger partial charge is 0.305 e. The van der Waals surface area contributed by atoms with Crippen LogP contribution >= 0.6 is 0 Å². The maximum absolute atomic E-state index is 11.6. The Hall–Kier alpha value is -0.370. The number of Topliss-reactive ketones (excluding diaryl/α,β-unsaturated/α-hetero) is 1. The fourth-order valence-corrected chi connectivity index (χ4v) is 2.15. The van der Waals surface area contributed by atoms with Crippen molar-refractivity contribution in [2.24, 2.45) is 5.41 Å². The Labute approximate surface area is 88.7 Å². The molecule has 1 unspecified atom stereocenters. The first-order chi connectivity index (χ1) is 6.58. The predicted octanol–water partition coefficient (Wildman–Crippen LogP) is 2.72. The fraction of sp³-hybridized carbons (Fsp3) is 0.917. The molecule has 0 aromatic carbocycles. The zero-order valence-corrected chi connectivity index (χ0v) is 10.4. The van der Waals surface area contributed by atoms with Crippen molar-refractivity contribution in [3.05, 3.63) is 0 Å². The molecule has 1 rings (SSSR count). The van der Waals surface area contributed by atoms with Crippen LogP contribution in [-0.4, -0.2) is 30.8 Å². The molecule has 1 saturated heterocycles. The summed E-state index contributed by atoms with van der Waals surface area (Å²) >= 11 is 0. The Balaban J connectivity index is 0.000000791. The van der Waals surface area contributed by atoms with Crippen molar-refractivity contribution in [2.75, 3.05) is 20.1 Å². The number of rotatable bonds is 2. The number of piperidine rings is 1. The van der Waals surface area contributed by atoms with Gasteiger partial charge in [0.05, 0.1) is 0 Å². The van der Waals surface area contributed by atoms with Gasteiger partial charge in [0.25, 0.3) is 0 Å². The Morgan fingerprint density at radius 1 is 1.43 bits per heavy atom. The van der Waals surface area contributed by atoms with Crippen molar-refractivity contribution in [3.63, 3.8) is 0 Å². The van der Waals surface area contributed by atoms with E-state index in [-0.39, 0.29) is 5.41 Å². The molecule has 1 aliphatic rings. The monoisotopic (exact) mass is 199 g/mol. The number of carbonyl (C=O) groups excluding carboxylic acids is 1. The second kappa shape index (κ2) is 6.18. The molecule has 1 atom stereocenters. The Bertz CT molecular complexity index is 179. The van der Waals surface area contributed by atoms with Crippen LogP contribution in [0.25, 0.3) is 0 Å². The maximum atomic E-state index is 11.6. The standard InChI is InChI=1S/C10H19NO.C2H6/c1-4-9(12)10(2)6-5-7-11(3)8-10;1-2/h4-8H2,1-3H3;1-2H3. The van der Waals surface area contributed by atoms with Gasteiger partial charge in [0.15, 0.2) is 0 Å². The molecule has 1 aliphatic heterocycles. The van der Waals surface area contributed by atoms with Crippen LogP contribution in [0.1, 0.15) is 47.0 Å². The van der Waals surface area contributed by atoms with Crippen LogP contribution in [0.15, 0.2) is 0 Å². The Morgan fingerprint density at radius 2 is 2.00 bits per heavy atom. The summed E-state index contributed by atoms with van der Waals surface area (Å²) in [6, 6.07) is 0. The van der Waals surface area contributed by atoms with Crippen molar-refractivity contribution in [1.82, 2.24) is 4.90 Å². The molecule has 2 heteroatoms. The molecule has 0 aromatic heterocycles. The minimum atomic E-state index is -0.0538. The molecule has 2 nitrogen and oxygen atoms in total. The number of carbonyl (C=O) groups is 1. The second-order valence-corrected chi connectivity index (χ2v) is 4.18. The third-order valence-electron chi connectivity index (χ3n) is 2.88. The third-order valence-corrected chi connectivity index (χ3v) is 2.88. The first-order valence-corrected chi connectivity index (χ1v) is 5.80. The predicted molar refractivity (Wildman–Crippen MR) is 61.5 cm³/mol. The molecule has 1 heterocycles. The van der Waals surface area contributed by atoms with Crippen LogP contribution in [-0.2, 0) is 4.79 Å². The van der Waals surface area contributed by atoms with Crippen molar-refractivity contribution in [1.29, 1.82) is 0 Å². The summed E-state index contributed by atoms with van der Waals surface area (Å²) in [6.07, 6.45) is 2.92. The lowest BCUT2D eigenvalue weighted by Gasteiger charge is -2.37. The van der Waals surface area contributed by atoms with E-state index in [9.17, 15) is 4.79 Å². The van der Waals surface area contributed by atoms with Crippen molar-refractivity contribution < 1.29 is 4.79 Å². The highest BCUT2D eigenvalue weighted by Crippen LogP contribution is 2.30. The van der Waals surface area contributed by atoms with Crippen LogP contribution < -0.4 is 0 Å². The lowest BCUT2D eigenvalue weighted by Crippen LogP contribution is -2.44. The van der Waals surface area contributed by atoms with E-state index in [1.54, 1.807) is 0 Å². The van der Waals surface area contributed by atoms with Gasteiger partial charge in [-0.3, -0.25) is 4.79 Å². The summed E-state index contributed by atoms with van der Waals surface area (Å²) in [6.45, 7) is 10.2. The van der Waals surface area contributed by atoms with E-state index in [0.717, 1.165) is 19.5 Å². The molecule has 0 amide bonds. The van der Waals surface area contributed by atoms with Crippen LogP contribution in [0.3, 0.4) is 0 Å². The smallest absolute Gasteiger partial charge is 0.139 e. The van der Waals surface area contributed by atoms with Gasteiger partial charge < -0.3 is 4.90 Å². The summed E-state index contributed by atoms with van der Waals surface area (Å²) in [5.41, 5.74) is -0.0538. The Kier molecular flexibility index (Phi) is 6.01. The number of hydrogen-bond donors (Lipinski definition) is 0. The first kappa shape index (κ1) is 13.6. The molecule has 0 aromatic rings. The molecule has 0 aliphatic carbocycles. The minimum absolute atomic E-state index is 0.0538. The highest BCUT2D eigenvalue weighted by Gasteiger charge is 2.34. The normalized spacial score (nSPS) is 27.8. The summed E-state index contributed by atoms with van der Waals surface area (Å²) < 4.78 is 0. The number of hydrogen-bond acceptors (Lipinski definition) is 2. The average Bonchev–Trinajstić information content (AvgIpc) is 2.19. The van der Waals surface area contributed by atoms with Crippen molar-refractivity contribution in [2.45, 2.75) is 47.0 Å². The third kappa shape index (κ3) is 3.41. The fourth-order valence-electron chi connectivity index (χ4n) is 2.15. The van der Waals surface area contributed by atoms with E-state index in [1.165, 1.54) is 6.42 Å². The van der Waals surface area contributed by atoms with E-state index >= 15 is 0 Å². The van der Waals surface area contributed by atoms with E-state index in [4.69, 9.17) is 0 Å². The molecule has 0 N–H and O–H groups in total. The minimum Gasteiger partial charge on any atom is -0.305 e. The Morgan fingerprint density at radius 3 is 2.43 bits per heavy atom. The van der Waals surface area contributed by atoms with E-state index in [0.29, 0.717) is 12.2 Å². The molecule has 14 heavy (non-hydrogen) atoms. The van der Waals surface area contributed by atoms with E-state index < -0.39 is 0 Å². The lowest BCUT2D eigenvalue weighted by atomic mass is 9.77. The molecular formula is C12H25NO. The number of likely N-dealkylation sites (tertiary alicyclic amines) is 1. The van der Waals surface area contributed by atoms with Gasteiger partial charge in [-0.1, -0.05) is 27.7 Å². The van der Waals surface area contributed by atoms with Crippen LogP contribution in [0.4, 0.5) is 0 Å². The average molecular weight is 199 g/mol.